The number of thiol groups is 1. The maximum absolute atomic E-state index is 4.11. The van der Waals surface area contributed by atoms with Gasteiger partial charge in [-0.3, -0.25) is 0 Å². The van der Waals surface area contributed by atoms with Gasteiger partial charge in [0.1, 0.15) is 0 Å². The second-order valence-corrected chi connectivity index (χ2v) is 6.48. The fraction of sp³-hybridized carbons (Fsp3) is 0.600. The van der Waals surface area contributed by atoms with Gasteiger partial charge in [0, 0.05) is 12.6 Å². The van der Waals surface area contributed by atoms with Gasteiger partial charge >= 0.3 is 0 Å². The predicted octanol–water partition coefficient (Wildman–Crippen LogP) is 4.35. The Labute approximate surface area is 112 Å². The van der Waals surface area contributed by atoms with E-state index in [9.17, 15) is 0 Å². The minimum absolute atomic E-state index is 0.383. The van der Waals surface area contributed by atoms with E-state index < -0.39 is 0 Å². The topological polar surface area (TPSA) is 12.0 Å². The number of hydrogen-bond acceptors (Lipinski definition) is 2. The SMILES string of the molecule is C=C(S)/C=C\C=C(/C)CNC(C)CC(C)(C)C. The standard InChI is InChI=1S/C15H27NS/c1-12(8-7-9-14(3)17)11-16-13(2)10-15(4,5)6/h7-9,13,16-17H,3,10-11H2,1-2,4-6H3/b9-7-,12-8+. The van der Waals surface area contributed by atoms with Gasteiger partial charge in [-0.25, -0.2) is 0 Å². The highest BCUT2D eigenvalue weighted by Crippen LogP contribution is 2.20. The first-order valence-corrected chi connectivity index (χ1v) is 6.60. The molecule has 0 saturated heterocycles. The van der Waals surface area contributed by atoms with Crippen LogP contribution < -0.4 is 5.32 Å². The monoisotopic (exact) mass is 253 g/mol. The van der Waals surface area contributed by atoms with Crippen LogP contribution in [-0.2, 0) is 0 Å². The maximum atomic E-state index is 4.11. The molecule has 0 heterocycles. The largest absolute Gasteiger partial charge is 0.311 e. The van der Waals surface area contributed by atoms with Crippen LogP contribution >= 0.6 is 12.6 Å². The number of rotatable bonds is 6. The van der Waals surface area contributed by atoms with Crippen molar-refractivity contribution in [3.05, 3.63) is 35.3 Å². The summed E-state index contributed by atoms with van der Waals surface area (Å²) in [6.07, 6.45) is 7.16. The summed E-state index contributed by atoms with van der Waals surface area (Å²) < 4.78 is 0. The molecule has 0 aliphatic carbocycles. The third kappa shape index (κ3) is 11.8. The lowest BCUT2D eigenvalue weighted by Gasteiger charge is -2.24. The van der Waals surface area contributed by atoms with Crippen molar-refractivity contribution in [3.63, 3.8) is 0 Å². The van der Waals surface area contributed by atoms with Crippen molar-refractivity contribution in [1.82, 2.24) is 5.32 Å². The lowest BCUT2D eigenvalue weighted by Crippen LogP contribution is -2.31. The van der Waals surface area contributed by atoms with E-state index in [4.69, 9.17) is 0 Å². The molecule has 0 fully saturated rings. The molecule has 0 spiro atoms. The van der Waals surface area contributed by atoms with Crippen LogP contribution in [0, 0.1) is 5.41 Å². The van der Waals surface area contributed by atoms with Gasteiger partial charge in [0.15, 0.2) is 0 Å². The fourth-order valence-corrected chi connectivity index (χ4v) is 1.79. The molecular formula is C15H27NS. The molecule has 1 N–H and O–H groups in total. The van der Waals surface area contributed by atoms with E-state index in [0.717, 1.165) is 11.4 Å². The highest BCUT2D eigenvalue weighted by Gasteiger charge is 2.14. The molecule has 1 atom stereocenters. The summed E-state index contributed by atoms with van der Waals surface area (Å²) in [7, 11) is 0. The summed E-state index contributed by atoms with van der Waals surface area (Å²) >= 11 is 4.11. The van der Waals surface area contributed by atoms with Crippen molar-refractivity contribution in [2.45, 2.75) is 47.1 Å². The van der Waals surface area contributed by atoms with Crippen molar-refractivity contribution < 1.29 is 0 Å². The Morgan fingerprint density at radius 1 is 1.41 bits per heavy atom. The highest BCUT2D eigenvalue weighted by atomic mass is 32.1. The average molecular weight is 253 g/mol. The molecule has 0 aromatic carbocycles. The molecule has 1 nitrogen and oxygen atoms in total. The maximum Gasteiger partial charge on any atom is 0.0167 e. The minimum atomic E-state index is 0.383. The van der Waals surface area contributed by atoms with Gasteiger partial charge in [-0.2, -0.15) is 0 Å². The molecule has 0 rings (SSSR count). The van der Waals surface area contributed by atoms with Crippen LogP contribution in [0.4, 0.5) is 0 Å². The molecule has 0 amide bonds. The third-order valence-corrected chi connectivity index (χ3v) is 2.47. The van der Waals surface area contributed by atoms with Crippen LogP contribution in [-0.4, -0.2) is 12.6 Å². The Kier molecular flexibility index (Phi) is 7.56. The molecule has 2 heteroatoms. The lowest BCUT2D eigenvalue weighted by molar-refractivity contribution is 0.323. The molecule has 0 saturated carbocycles. The number of nitrogens with one attached hydrogen (secondary N) is 1. The normalized spacial score (nSPS) is 15.3. The van der Waals surface area contributed by atoms with Crippen molar-refractivity contribution in [3.8, 4) is 0 Å². The second kappa shape index (κ2) is 7.78. The van der Waals surface area contributed by atoms with E-state index in [1.165, 1.54) is 12.0 Å². The summed E-state index contributed by atoms with van der Waals surface area (Å²) in [6, 6.07) is 0.544. The van der Waals surface area contributed by atoms with Crippen LogP contribution in [0.1, 0.15) is 41.0 Å². The number of allylic oxidation sites excluding steroid dienone is 3. The Bertz CT molecular complexity index is 295. The van der Waals surface area contributed by atoms with Gasteiger partial charge in [-0.15, -0.1) is 12.6 Å². The van der Waals surface area contributed by atoms with Crippen molar-refractivity contribution in [2.75, 3.05) is 6.54 Å². The smallest absolute Gasteiger partial charge is 0.0167 e. The second-order valence-electron chi connectivity index (χ2n) is 5.91. The summed E-state index contributed by atoms with van der Waals surface area (Å²) in [5.41, 5.74) is 1.70. The van der Waals surface area contributed by atoms with Gasteiger partial charge in [-0.05, 0) is 36.7 Å². The Balaban J connectivity index is 3.99. The van der Waals surface area contributed by atoms with E-state index in [1.54, 1.807) is 0 Å². The van der Waals surface area contributed by atoms with Gasteiger partial charge in [0.25, 0.3) is 0 Å². The van der Waals surface area contributed by atoms with Crippen molar-refractivity contribution in [2.24, 2.45) is 5.41 Å². The van der Waals surface area contributed by atoms with E-state index in [0.29, 0.717) is 11.5 Å². The summed E-state index contributed by atoms with van der Waals surface area (Å²) in [5, 5.41) is 3.53. The molecule has 0 aliphatic heterocycles. The number of hydrogen-bond donors (Lipinski definition) is 2. The van der Waals surface area contributed by atoms with E-state index in [2.05, 4.69) is 65.2 Å². The third-order valence-electron chi connectivity index (χ3n) is 2.32. The fourth-order valence-electron chi connectivity index (χ4n) is 1.71. The zero-order valence-electron chi connectivity index (χ0n) is 11.9. The quantitative estimate of drug-likeness (QED) is 0.530. The van der Waals surface area contributed by atoms with Gasteiger partial charge < -0.3 is 5.32 Å². The van der Waals surface area contributed by atoms with Crippen LogP contribution in [0.25, 0.3) is 0 Å². The van der Waals surface area contributed by atoms with E-state index >= 15 is 0 Å². The van der Waals surface area contributed by atoms with Crippen molar-refractivity contribution in [1.29, 1.82) is 0 Å². The van der Waals surface area contributed by atoms with Gasteiger partial charge in [-0.1, -0.05) is 45.1 Å². The summed E-state index contributed by atoms with van der Waals surface area (Å²) in [6.45, 7) is 15.8. The lowest BCUT2D eigenvalue weighted by atomic mass is 9.88. The van der Waals surface area contributed by atoms with Crippen LogP contribution in [0.15, 0.2) is 35.3 Å². The molecule has 98 valence electrons. The molecule has 17 heavy (non-hydrogen) atoms. The molecule has 0 aromatic heterocycles. The average Bonchev–Trinajstić information content (AvgIpc) is 2.11. The Morgan fingerprint density at radius 3 is 2.47 bits per heavy atom. The van der Waals surface area contributed by atoms with Crippen LogP contribution in [0.2, 0.25) is 0 Å². The molecule has 1 unspecified atom stereocenters. The molecule has 0 bridgehead atoms. The van der Waals surface area contributed by atoms with Crippen molar-refractivity contribution >= 4 is 12.6 Å². The highest BCUT2D eigenvalue weighted by molar-refractivity contribution is 7.84. The predicted molar refractivity (Wildman–Crippen MR) is 82.6 cm³/mol. The molecule has 0 aliphatic rings. The minimum Gasteiger partial charge on any atom is -0.311 e. The Morgan fingerprint density at radius 2 is 2.00 bits per heavy atom. The van der Waals surface area contributed by atoms with E-state index in [-0.39, 0.29) is 0 Å². The first kappa shape index (κ1) is 16.5. The summed E-state index contributed by atoms with van der Waals surface area (Å²) in [5.74, 6) is 0. The van der Waals surface area contributed by atoms with Crippen LogP contribution in [0.5, 0.6) is 0 Å². The van der Waals surface area contributed by atoms with Crippen LogP contribution in [0.3, 0.4) is 0 Å². The first-order valence-electron chi connectivity index (χ1n) is 6.16. The van der Waals surface area contributed by atoms with E-state index in [1.807, 2.05) is 12.2 Å². The molecular weight excluding hydrogens is 226 g/mol. The van der Waals surface area contributed by atoms with Gasteiger partial charge in [0.05, 0.1) is 0 Å². The summed E-state index contributed by atoms with van der Waals surface area (Å²) in [4.78, 5) is 0.781. The first-order chi connectivity index (χ1) is 7.70. The zero-order chi connectivity index (χ0) is 13.5. The Hall–Kier alpha value is -0.470. The molecule has 0 aromatic rings. The van der Waals surface area contributed by atoms with Gasteiger partial charge in [0.2, 0.25) is 0 Å². The zero-order valence-corrected chi connectivity index (χ0v) is 12.8. The molecule has 0 radical (unpaired) electrons.